The van der Waals surface area contributed by atoms with Gasteiger partial charge in [0.15, 0.2) is 0 Å². The van der Waals surface area contributed by atoms with Crippen molar-refractivity contribution in [3.63, 3.8) is 0 Å². The maximum absolute atomic E-state index is 13.3. The maximum atomic E-state index is 13.3. The second-order valence-corrected chi connectivity index (χ2v) is 5.51. The van der Waals surface area contributed by atoms with Gasteiger partial charge in [0.05, 0.1) is 18.4 Å². The highest BCUT2D eigenvalue weighted by Gasteiger charge is 2.14. The molecule has 0 fully saturated rings. The van der Waals surface area contributed by atoms with E-state index >= 15 is 0 Å². The largest absolute Gasteiger partial charge is 0.469 e. The van der Waals surface area contributed by atoms with Crippen LogP contribution in [0.1, 0.15) is 5.56 Å². The Morgan fingerprint density at radius 2 is 2.12 bits per heavy atom. The lowest BCUT2D eigenvalue weighted by molar-refractivity contribution is -0.139. The van der Waals surface area contributed by atoms with Gasteiger partial charge in [-0.1, -0.05) is 6.07 Å². The summed E-state index contributed by atoms with van der Waals surface area (Å²) in [6, 6.07) is 3.08. The lowest BCUT2D eigenvalue weighted by Crippen LogP contribution is -2.06. The number of halogens is 2. The van der Waals surface area contributed by atoms with Crippen LogP contribution in [0.3, 0.4) is 0 Å². The minimum absolute atomic E-state index is 0.0518. The Labute approximate surface area is 96.4 Å². The molecule has 0 aliphatic rings. The first-order valence-electron chi connectivity index (χ1n) is 4.14. The fraction of sp³-hybridized carbons (Fsp3) is 0.222. The molecule has 0 radical (unpaired) electrons. The zero-order valence-corrected chi connectivity index (χ0v) is 9.81. The van der Waals surface area contributed by atoms with Gasteiger partial charge in [-0.25, -0.2) is 12.8 Å². The minimum Gasteiger partial charge on any atom is -0.469 e. The van der Waals surface area contributed by atoms with Crippen LogP contribution in [0.4, 0.5) is 4.39 Å². The molecule has 1 aromatic carbocycles. The third kappa shape index (κ3) is 3.18. The zero-order valence-electron chi connectivity index (χ0n) is 8.24. The summed E-state index contributed by atoms with van der Waals surface area (Å²) in [4.78, 5) is 10.5. The molecule has 0 spiro atoms. The lowest BCUT2D eigenvalue weighted by atomic mass is 10.1. The van der Waals surface area contributed by atoms with Gasteiger partial charge in [0.25, 0.3) is 9.05 Å². The first-order valence-corrected chi connectivity index (χ1v) is 6.45. The molecule has 88 valence electrons. The highest BCUT2D eigenvalue weighted by atomic mass is 35.7. The van der Waals surface area contributed by atoms with Gasteiger partial charge in [-0.05, 0) is 17.7 Å². The Hall–Kier alpha value is -1.14. The summed E-state index contributed by atoms with van der Waals surface area (Å²) < 4.78 is 39.5. The smallest absolute Gasteiger partial charge is 0.310 e. The standard InChI is InChI=1S/C9H8ClFO4S/c1-15-9(12)4-6-2-3-7(5-8(6)11)16(10,13)14/h2-3,5H,4H2,1H3. The van der Waals surface area contributed by atoms with Crippen LogP contribution < -0.4 is 0 Å². The SMILES string of the molecule is COC(=O)Cc1ccc(S(=O)(=O)Cl)cc1F. The molecule has 1 rings (SSSR count). The van der Waals surface area contributed by atoms with Crippen molar-refractivity contribution in [1.82, 2.24) is 0 Å². The van der Waals surface area contributed by atoms with E-state index in [0.29, 0.717) is 0 Å². The van der Waals surface area contributed by atoms with Crippen LogP contribution >= 0.6 is 10.7 Å². The van der Waals surface area contributed by atoms with E-state index in [-0.39, 0.29) is 16.9 Å². The van der Waals surface area contributed by atoms with Gasteiger partial charge >= 0.3 is 5.97 Å². The van der Waals surface area contributed by atoms with Crippen LogP contribution in [0, 0.1) is 5.82 Å². The molecule has 0 amide bonds. The van der Waals surface area contributed by atoms with E-state index in [9.17, 15) is 17.6 Å². The Bertz CT molecular complexity index is 512. The van der Waals surface area contributed by atoms with Crippen molar-refractivity contribution in [2.24, 2.45) is 0 Å². The summed E-state index contributed by atoms with van der Waals surface area (Å²) in [6.45, 7) is 0. The van der Waals surface area contributed by atoms with Crippen molar-refractivity contribution in [2.75, 3.05) is 7.11 Å². The van der Waals surface area contributed by atoms with E-state index in [1.54, 1.807) is 0 Å². The molecule has 0 aliphatic heterocycles. The van der Waals surface area contributed by atoms with E-state index in [1.165, 1.54) is 13.2 Å². The quantitative estimate of drug-likeness (QED) is 0.614. The number of rotatable bonds is 3. The van der Waals surface area contributed by atoms with Crippen LogP contribution in [-0.4, -0.2) is 21.5 Å². The van der Waals surface area contributed by atoms with Gasteiger partial charge in [0.2, 0.25) is 0 Å². The van der Waals surface area contributed by atoms with Gasteiger partial charge in [-0.2, -0.15) is 0 Å². The summed E-state index contributed by atoms with van der Waals surface area (Å²) >= 11 is 0. The molecule has 0 atom stereocenters. The molecule has 0 heterocycles. The van der Waals surface area contributed by atoms with Gasteiger partial charge < -0.3 is 4.74 Å². The Balaban J connectivity index is 3.06. The fourth-order valence-corrected chi connectivity index (χ4v) is 1.81. The van der Waals surface area contributed by atoms with E-state index < -0.39 is 20.8 Å². The summed E-state index contributed by atoms with van der Waals surface area (Å²) in [5.74, 6) is -1.42. The Morgan fingerprint density at radius 1 is 1.50 bits per heavy atom. The molecule has 0 bridgehead atoms. The van der Waals surface area contributed by atoms with Crippen molar-refractivity contribution >= 4 is 25.7 Å². The average molecular weight is 267 g/mol. The van der Waals surface area contributed by atoms with Crippen LogP contribution in [-0.2, 0) is 25.0 Å². The Kier molecular flexibility index (Phi) is 3.88. The molecule has 0 saturated heterocycles. The van der Waals surface area contributed by atoms with Crippen LogP contribution in [0.2, 0.25) is 0 Å². The lowest BCUT2D eigenvalue weighted by Gasteiger charge is -2.03. The highest BCUT2D eigenvalue weighted by Crippen LogP contribution is 2.18. The molecule has 0 aromatic heterocycles. The first-order chi connectivity index (χ1) is 7.34. The molecule has 0 saturated carbocycles. The maximum Gasteiger partial charge on any atom is 0.310 e. The van der Waals surface area contributed by atoms with Crippen LogP contribution in [0.15, 0.2) is 23.1 Å². The number of carbonyl (C=O) groups is 1. The summed E-state index contributed by atoms with van der Waals surface area (Å²) in [5.41, 5.74) is 0.0518. The van der Waals surface area contributed by atoms with Gasteiger partial charge in [-0.15, -0.1) is 0 Å². The number of benzene rings is 1. The number of carbonyl (C=O) groups excluding carboxylic acids is 1. The van der Waals surface area contributed by atoms with Crippen molar-refractivity contribution in [3.8, 4) is 0 Å². The predicted molar refractivity (Wildman–Crippen MR) is 55.2 cm³/mol. The van der Waals surface area contributed by atoms with E-state index in [1.807, 2.05) is 0 Å². The molecular formula is C9H8ClFO4S. The second kappa shape index (κ2) is 4.80. The summed E-state index contributed by atoms with van der Waals surface area (Å²) in [7, 11) is 2.25. The van der Waals surface area contributed by atoms with E-state index in [2.05, 4.69) is 4.74 Å². The molecule has 1 aromatic rings. The number of hydrogen-bond donors (Lipinski definition) is 0. The van der Waals surface area contributed by atoms with Crippen molar-refractivity contribution < 1.29 is 22.3 Å². The summed E-state index contributed by atoms with van der Waals surface area (Å²) in [6.07, 6.45) is -0.259. The third-order valence-corrected chi connectivity index (χ3v) is 3.22. The minimum atomic E-state index is -3.96. The molecule has 16 heavy (non-hydrogen) atoms. The molecule has 7 heteroatoms. The molecule has 0 N–H and O–H groups in total. The van der Waals surface area contributed by atoms with E-state index in [4.69, 9.17) is 10.7 Å². The zero-order chi connectivity index (χ0) is 12.3. The van der Waals surface area contributed by atoms with Crippen molar-refractivity contribution in [1.29, 1.82) is 0 Å². The predicted octanol–water partition coefficient (Wildman–Crippen LogP) is 1.47. The number of esters is 1. The third-order valence-electron chi connectivity index (χ3n) is 1.87. The Morgan fingerprint density at radius 3 is 2.56 bits per heavy atom. The van der Waals surface area contributed by atoms with Crippen LogP contribution in [0.5, 0.6) is 0 Å². The van der Waals surface area contributed by atoms with Gasteiger partial charge in [0.1, 0.15) is 5.82 Å². The van der Waals surface area contributed by atoms with Gasteiger partial charge in [-0.3, -0.25) is 4.79 Å². The first kappa shape index (κ1) is 12.9. The second-order valence-electron chi connectivity index (χ2n) is 2.94. The normalized spacial score (nSPS) is 11.2. The molecule has 0 aliphatic carbocycles. The number of ether oxygens (including phenoxy) is 1. The number of hydrogen-bond acceptors (Lipinski definition) is 4. The van der Waals surface area contributed by atoms with Crippen LogP contribution in [0.25, 0.3) is 0 Å². The molecular weight excluding hydrogens is 259 g/mol. The average Bonchev–Trinajstić information content (AvgIpc) is 2.19. The highest BCUT2D eigenvalue weighted by molar-refractivity contribution is 8.13. The molecule has 0 unspecified atom stereocenters. The van der Waals surface area contributed by atoms with Crippen molar-refractivity contribution in [2.45, 2.75) is 11.3 Å². The number of methoxy groups -OCH3 is 1. The summed E-state index contributed by atoms with van der Waals surface area (Å²) in [5, 5.41) is 0. The van der Waals surface area contributed by atoms with Crippen molar-refractivity contribution in [3.05, 3.63) is 29.6 Å². The van der Waals surface area contributed by atoms with Gasteiger partial charge in [0, 0.05) is 10.7 Å². The molecule has 4 nitrogen and oxygen atoms in total. The topological polar surface area (TPSA) is 60.4 Å². The monoisotopic (exact) mass is 266 g/mol. The van der Waals surface area contributed by atoms with E-state index in [0.717, 1.165) is 12.1 Å². The fourth-order valence-electron chi connectivity index (χ4n) is 1.05.